The first-order valence-corrected chi connectivity index (χ1v) is 6.16. The largest absolute Gasteiger partial charge is 0.492 e. The Morgan fingerprint density at radius 1 is 1.24 bits per heavy atom. The Bertz CT molecular complexity index is 367. The van der Waals surface area contributed by atoms with E-state index in [9.17, 15) is 0 Å². The molecule has 0 aromatic heterocycles. The number of para-hydroxylation sites is 1. The Morgan fingerprint density at radius 2 is 1.94 bits per heavy atom. The molecule has 1 aromatic carbocycles. The summed E-state index contributed by atoms with van der Waals surface area (Å²) in [6, 6.07) is 9.49. The van der Waals surface area contributed by atoms with Crippen LogP contribution in [-0.4, -0.2) is 31.1 Å². The highest BCUT2D eigenvalue weighted by Crippen LogP contribution is 2.16. The van der Waals surface area contributed by atoms with Crippen LogP contribution in [0.4, 0.5) is 0 Å². The van der Waals surface area contributed by atoms with Gasteiger partial charge in [-0.05, 0) is 31.6 Å². The minimum absolute atomic E-state index is 0.607. The Kier molecular flexibility index (Phi) is 6.13. The van der Waals surface area contributed by atoms with Gasteiger partial charge in [-0.3, -0.25) is 0 Å². The monoisotopic (exact) mass is 232 g/mol. The fourth-order valence-corrected chi connectivity index (χ4v) is 1.69. The van der Waals surface area contributed by atoms with E-state index in [1.54, 1.807) is 6.07 Å². The maximum Gasteiger partial charge on any atom is 0.137 e. The van der Waals surface area contributed by atoms with Crippen molar-refractivity contribution in [2.45, 2.75) is 20.3 Å². The van der Waals surface area contributed by atoms with Gasteiger partial charge in [0.2, 0.25) is 0 Å². The second-order valence-corrected chi connectivity index (χ2v) is 3.84. The van der Waals surface area contributed by atoms with Gasteiger partial charge < -0.3 is 9.64 Å². The number of ether oxygens (including phenoxy) is 1. The van der Waals surface area contributed by atoms with Crippen molar-refractivity contribution >= 4 is 0 Å². The summed E-state index contributed by atoms with van der Waals surface area (Å²) in [6.45, 7) is 8.18. The van der Waals surface area contributed by atoms with Crippen LogP contribution in [0.5, 0.6) is 5.75 Å². The first kappa shape index (κ1) is 13.5. The van der Waals surface area contributed by atoms with Crippen LogP contribution in [0.3, 0.4) is 0 Å². The smallest absolute Gasteiger partial charge is 0.137 e. The lowest BCUT2D eigenvalue weighted by molar-refractivity contribution is 0.249. The summed E-state index contributed by atoms with van der Waals surface area (Å²) in [5.41, 5.74) is 0.607. The summed E-state index contributed by atoms with van der Waals surface area (Å²) in [5.74, 6) is 0.689. The lowest BCUT2D eigenvalue weighted by Crippen LogP contribution is -2.25. The lowest BCUT2D eigenvalue weighted by Gasteiger charge is -2.17. The van der Waals surface area contributed by atoms with E-state index < -0.39 is 0 Å². The van der Waals surface area contributed by atoms with E-state index >= 15 is 0 Å². The zero-order chi connectivity index (χ0) is 12.5. The first-order valence-electron chi connectivity index (χ1n) is 6.16. The number of hydrogen-bond acceptors (Lipinski definition) is 3. The predicted molar refractivity (Wildman–Crippen MR) is 69.1 cm³/mol. The van der Waals surface area contributed by atoms with Crippen molar-refractivity contribution in [1.82, 2.24) is 4.90 Å². The molecule has 0 unspecified atom stereocenters. The van der Waals surface area contributed by atoms with Crippen molar-refractivity contribution in [3.63, 3.8) is 0 Å². The molecule has 0 aliphatic heterocycles. The summed E-state index contributed by atoms with van der Waals surface area (Å²) in [6.07, 6.45) is 0.988. The summed E-state index contributed by atoms with van der Waals surface area (Å²) >= 11 is 0. The molecular weight excluding hydrogens is 212 g/mol. The zero-order valence-corrected chi connectivity index (χ0v) is 10.6. The van der Waals surface area contributed by atoms with Crippen molar-refractivity contribution in [2.24, 2.45) is 0 Å². The van der Waals surface area contributed by atoms with E-state index in [0.29, 0.717) is 17.9 Å². The SMILES string of the molecule is CCN(CC)CCCOc1ccccc1C#N. The topological polar surface area (TPSA) is 36.3 Å². The van der Waals surface area contributed by atoms with E-state index in [1.807, 2.05) is 18.2 Å². The zero-order valence-electron chi connectivity index (χ0n) is 10.6. The Hall–Kier alpha value is -1.53. The summed E-state index contributed by atoms with van der Waals surface area (Å²) in [5, 5.41) is 8.90. The molecule has 1 aromatic rings. The molecule has 0 heterocycles. The molecule has 0 spiro atoms. The molecule has 0 N–H and O–H groups in total. The molecule has 1 rings (SSSR count). The van der Waals surface area contributed by atoms with Gasteiger partial charge >= 0.3 is 0 Å². The molecule has 0 fully saturated rings. The van der Waals surface area contributed by atoms with Crippen molar-refractivity contribution in [2.75, 3.05) is 26.2 Å². The fraction of sp³-hybridized carbons (Fsp3) is 0.500. The fourth-order valence-electron chi connectivity index (χ4n) is 1.69. The van der Waals surface area contributed by atoms with E-state index in [-0.39, 0.29) is 0 Å². The van der Waals surface area contributed by atoms with Gasteiger partial charge in [-0.2, -0.15) is 5.26 Å². The normalized spacial score (nSPS) is 10.2. The van der Waals surface area contributed by atoms with E-state index in [2.05, 4.69) is 24.8 Å². The number of benzene rings is 1. The Balaban J connectivity index is 2.34. The molecule has 0 saturated heterocycles. The van der Waals surface area contributed by atoms with E-state index in [4.69, 9.17) is 10.00 Å². The van der Waals surface area contributed by atoms with Gasteiger partial charge in [-0.15, -0.1) is 0 Å². The standard InChI is InChI=1S/C14H20N2O/c1-3-16(4-2)10-7-11-17-14-9-6-5-8-13(14)12-15/h5-6,8-9H,3-4,7,10-11H2,1-2H3. The van der Waals surface area contributed by atoms with Crippen LogP contribution in [-0.2, 0) is 0 Å². The summed E-state index contributed by atoms with van der Waals surface area (Å²) in [7, 11) is 0. The summed E-state index contributed by atoms with van der Waals surface area (Å²) < 4.78 is 5.62. The van der Waals surface area contributed by atoms with Crippen molar-refractivity contribution in [3.8, 4) is 11.8 Å². The minimum atomic E-state index is 0.607. The van der Waals surface area contributed by atoms with Crippen LogP contribution in [0.2, 0.25) is 0 Å². The van der Waals surface area contributed by atoms with Gasteiger partial charge in [0, 0.05) is 6.54 Å². The molecule has 92 valence electrons. The highest BCUT2D eigenvalue weighted by atomic mass is 16.5. The lowest BCUT2D eigenvalue weighted by atomic mass is 10.2. The van der Waals surface area contributed by atoms with Crippen LogP contribution >= 0.6 is 0 Å². The van der Waals surface area contributed by atoms with Crippen molar-refractivity contribution < 1.29 is 4.74 Å². The second kappa shape index (κ2) is 7.70. The molecule has 0 bridgehead atoms. The minimum Gasteiger partial charge on any atom is -0.492 e. The Morgan fingerprint density at radius 3 is 2.59 bits per heavy atom. The third-order valence-corrected chi connectivity index (χ3v) is 2.78. The number of hydrogen-bond donors (Lipinski definition) is 0. The molecule has 3 nitrogen and oxygen atoms in total. The molecule has 3 heteroatoms. The maximum atomic E-state index is 8.90. The van der Waals surface area contributed by atoms with Gasteiger partial charge in [0.05, 0.1) is 12.2 Å². The molecule has 0 amide bonds. The first-order chi connectivity index (χ1) is 8.31. The molecule has 0 radical (unpaired) electrons. The summed E-state index contributed by atoms with van der Waals surface area (Å²) in [4.78, 5) is 2.36. The van der Waals surface area contributed by atoms with Crippen molar-refractivity contribution in [3.05, 3.63) is 29.8 Å². The molecule has 0 saturated carbocycles. The molecular formula is C14H20N2O. The van der Waals surface area contributed by atoms with Gasteiger partial charge in [0.1, 0.15) is 11.8 Å². The quantitative estimate of drug-likeness (QED) is 0.678. The van der Waals surface area contributed by atoms with E-state index in [0.717, 1.165) is 26.1 Å². The van der Waals surface area contributed by atoms with Crippen LogP contribution in [0, 0.1) is 11.3 Å². The Labute approximate surface area is 104 Å². The average molecular weight is 232 g/mol. The maximum absolute atomic E-state index is 8.90. The number of nitrogens with zero attached hydrogens (tertiary/aromatic N) is 2. The van der Waals surface area contributed by atoms with Gasteiger partial charge in [0.25, 0.3) is 0 Å². The highest BCUT2D eigenvalue weighted by molar-refractivity contribution is 5.42. The second-order valence-electron chi connectivity index (χ2n) is 3.84. The van der Waals surface area contributed by atoms with Crippen LogP contribution in [0.1, 0.15) is 25.8 Å². The van der Waals surface area contributed by atoms with E-state index in [1.165, 1.54) is 0 Å². The number of rotatable bonds is 7. The number of nitriles is 1. The average Bonchev–Trinajstić information content (AvgIpc) is 2.39. The van der Waals surface area contributed by atoms with Gasteiger partial charge in [0.15, 0.2) is 0 Å². The van der Waals surface area contributed by atoms with Crippen LogP contribution in [0.15, 0.2) is 24.3 Å². The van der Waals surface area contributed by atoms with Crippen LogP contribution in [0.25, 0.3) is 0 Å². The third-order valence-electron chi connectivity index (χ3n) is 2.78. The van der Waals surface area contributed by atoms with Crippen molar-refractivity contribution in [1.29, 1.82) is 5.26 Å². The molecule has 0 aliphatic rings. The predicted octanol–water partition coefficient (Wildman–Crippen LogP) is 2.67. The molecule has 0 aliphatic carbocycles. The third kappa shape index (κ3) is 4.46. The highest BCUT2D eigenvalue weighted by Gasteiger charge is 2.02. The molecule has 0 atom stereocenters. The van der Waals surface area contributed by atoms with Crippen LogP contribution < -0.4 is 4.74 Å². The van der Waals surface area contributed by atoms with Gasteiger partial charge in [-0.1, -0.05) is 26.0 Å². The van der Waals surface area contributed by atoms with Gasteiger partial charge in [-0.25, -0.2) is 0 Å². The molecule has 17 heavy (non-hydrogen) atoms.